The van der Waals surface area contributed by atoms with Crippen molar-refractivity contribution in [3.8, 4) is 0 Å². The normalized spacial score (nSPS) is 13.8. The second-order valence-corrected chi connectivity index (χ2v) is 9.29. The number of anilines is 2. The number of rotatable bonds is 8. The zero-order chi connectivity index (χ0) is 21.0. The summed E-state index contributed by atoms with van der Waals surface area (Å²) in [6.07, 6.45) is 2.32. The summed E-state index contributed by atoms with van der Waals surface area (Å²) in [4.78, 5) is 2.24. The van der Waals surface area contributed by atoms with E-state index in [1.807, 2.05) is 0 Å². The summed E-state index contributed by atoms with van der Waals surface area (Å²) >= 11 is 0. The Bertz CT molecular complexity index is 774. The Labute approximate surface area is 173 Å². The summed E-state index contributed by atoms with van der Waals surface area (Å²) in [6, 6.07) is 13.7. The molecule has 0 aliphatic carbocycles. The molecule has 0 radical (unpaired) electrons. The van der Waals surface area contributed by atoms with Crippen molar-refractivity contribution >= 4 is 11.4 Å². The van der Waals surface area contributed by atoms with Gasteiger partial charge < -0.3 is 10.6 Å². The van der Waals surface area contributed by atoms with Crippen molar-refractivity contribution < 1.29 is 0 Å². The van der Waals surface area contributed by atoms with Crippen LogP contribution in [-0.2, 0) is 0 Å². The van der Waals surface area contributed by atoms with Crippen molar-refractivity contribution in [1.82, 2.24) is 0 Å². The molecule has 0 spiro atoms. The van der Waals surface area contributed by atoms with Gasteiger partial charge in [-0.15, -0.1) is 0 Å². The second kappa shape index (κ2) is 9.49. The summed E-state index contributed by atoms with van der Waals surface area (Å²) in [7, 11) is 4.28. The SMILES string of the molecule is CC(C)c1ccc(C(C)CCC(C)c2ccc(C(C)C)c(N(C)C)c2)c(N)c1. The minimum Gasteiger partial charge on any atom is -0.398 e. The minimum atomic E-state index is 0.479. The molecule has 0 saturated carbocycles. The van der Waals surface area contributed by atoms with Crippen molar-refractivity contribution in [2.24, 2.45) is 0 Å². The third-order valence-corrected chi connectivity index (χ3v) is 6.07. The molecule has 0 aliphatic heterocycles. The largest absolute Gasteiger partial charge is 0.398 e. The fourth-order valence-corrected chi connectivity index (χ4v) is 3.97. The van der Waals surface area contributed by atoms with Crippen LogP contribution in [0, 0.1) is 0 Å². The summed E-state index contributed by atoms with van der Waals surface area (Å²) in [6.45, 7) is 13.6. The van der Waals surface area contributed by atoms with Crippen LogP contribution in [0.25, 0.3) is 0 Å². The fourth-order valence-electron chi connectivity index (χ4n) is 3.97. The Hall–Kier alpha value is -1.96. The number of nitrogens with zero attached hydrogens (tertiary/aromatic N) is 1. The van der Waals surface area contributed by atoms with Crippen molar-refractivity contribution in [2.75, 3.05) is 24.7 Å². The number of nitrogen functional groups attached to an aromatic ring is 1. The fraction of sp³-hybridized carbons (Fsp3) is 0.538. The van der Waals surface area contributed by atoms with Gasteiger partial charge in [-0.25, -0.2) is 0 Å². The molecule has 2 rings (SSSR count). The molecule has 2 N–H and O–H groups in total. The Morgan fingerprint density at radius 3 is 1.82 bits per heavy atom. The smallest absolute Gasteiger partial charge is 0.0399 e. The second-order valence-electron chi connectivity index (χ2n) is 9.29. The van der Waals surface area contributed by atoms with Crippen LogP contribution in [0.4, 0.5) is 11.4 Å². The standard InChI is InChI=1S/C26H40N2/c1-17(2)21-11-14-24(25(27)15-21)20(6)10-9-19(5)22-12-13-23(18(3)4)26(16-22)28(7)8/h11-20H,9-10,27H2,1-8H3. The first-order valence-corrected chi connectivity index (χ1v) is 10.8. The quantitative estimate of drug-likeness (QED) is 0.488. The molecule has 0 fully saturated rings. The van der Waals surface area contributed by atoms with E-state index in [0.717, 1.165) is 12.1 Å². The molecular formula is C26H40N2. The number of hydrogen-bond acceptors (Lipinski definition) is 2. The van der Waals surface area contributed by atoms with Gasteiger partial charge in [-0.2, -0.15) is 0 Å². The van der Waals surface area contributed by atoms with E-state index >= 15 is 0 Å². The van der Waals surface area contributed by atoms with Crippen molar-refractivity contribution in [3.05, 3.63) is 58.7 Å². The van der Waals surface area contributed by atoms with Gasteiger partial charge in [-0.05, 0) is 70.9 Å². The Kier molecular flexibility index (Phi) is 7.57. The highest BCUT2D eigenvalue weighted by atomic mass is 15.1. The number of nitrogens with two attached hydrogens (primary N) is 1. The van der Waals surface area contributed by atoms with Crippen LogP contribution in [0.15, 0.2) is 36.4 Å². The van der Waals surface area contributed by atoms with E-state index in [1.54, 1.807) is 0 Å². The third kappa shape index (κ3) is 5.31. The lowest BCUT2D eigenvalue weighted by atomic mass is 9.86. The molecule has 0 amide bonds. The molecule has 0 bridgehead atoms. The molecule has 154 valence electrons. The topological polar surface area (TPSA) is 29.3 Å². The Morgan fingerprint density at radius 2 is 1.29 bits per heavy atom. The van der Waals surface area contributed by atoms with Crippen LogP contribution in [0.3, 0.4) is 0 Å². The van der Waals surface area contributed by atoms with Crippen molar-refractivity contribution in [3.63, 3.8) is 0 Å². The first-order chi connectivity index (χ1) is 13.1. The Balaban J connectivity index is 2.09. The van der Waals surface area contributed by atoms with E-state index in [0.29, 0.717) is 23.7 Å². The van der Waals surface area contributed by atoms with Crippen LogP contribution < -0.4 is 10.6 Å². The molecule has 2 atom stereocenters. The summed E-state index contributed by atoms with van der Waals surface area (Å²) in [5.74, 6) is 2.08. The van der Waals surface area contributed by atoms with E-state index in [4.69, 9.17) is 5.73 Å². The first-order valence-electron chi connectivity index (χ1n) is 10.8. The maximum atomic E-state index is 6.37. The average molecular weight is 381 g/mol. The van der Waals surface area contributed by atoms with Gasteiger partial charge in [-0.1, -0.05) is 65.8 Å². The van der Waals surface area contributed by atoms with Crippen LogP contribution in [0.1, 0.15) is 100 Å². The lowest BCUT2D eigenvalue weighted by Crippen LogP contribution is -2.13. The van der Waals surface area contributed by atoms with Gasteiger partial charge in [-0.3, -0.25) is 0 Å². The molecule has 0 aliphatic rings. The maximum absolute atomic E-state index is 6.37. The molecule has 2 unspecified atom stereocenters. The van der Waals surface area contributed by atoms with Gasteiger partial charge in [0.1, 0.15) is 0 Å². The first kappa shape index (κ1) is 22.3. The number of benzene rings is 2. The summed E-state index contributed by atoms with van der Waals surface area (Å²) in [5.41, 5.74) is 14.1. The Morgan fingerprint density at radius 1 is 0.714 bits per heavy atom. The predicted molar refractivity (Wildman–Crippen MR) is 126 cm³/mol. The highest BCUT2D eigenvalue weighted by Crippen LogP contribution is 2.34. The van der Waals surface area contributed by atoms with Crippen molar-refractivity contribution in [1.29, 1.82) is 0 Å². The molecule has 0 heterocycles. The molecule has 28 heavy (non-hydrogen) atoms. The zero-order valence-electron chi connectivity index (χ0n) is 19.2. The van der Waals surface area contributed by atoms with E-state index in [-0.39, 0.29) is 0 Å². The molecule has 2 aromatic rings. The van der Waals surface area contributed by atoms with Crippen LogP contribution in [-0.4, -0.2) is 14.1 Å². The molecule has 0 saturated heterocycles. The third-order valence-electron chi connectivity index (χ3n) is 6.07. The van der Waals surface area contributed by atoms with Gasteiger partial charge in [0.05, 0.1) is 0 Å². The molecule has 0 aromatic heterocycles. The lowest BCUT2D eigenvalue weighted by Gasteiger charge is -2.23. The predicted octanol–water partition coefficient (Wildman–Crippen LogP) is 7.27. The zero-order valence-corrected chi connectivity index (χ0v) is 19.2. The number of hydrogen-bond donors (Lipinski definition) is 1. The minimum absolute atomic E-state index is 0.479. The van der Waals surface area contributed by atoms with Crippen LogP contribution >= 0.6 is 0 Å². The van der Waals surface area contributed by atoms with Gasteiger partial charge in [0.15, 0.2) is 0 Å². The van der Waals surface area contributed by atoms with Gasteiger partial charge in [0.2, 0.25) is 0 Å². The summed E-state index contributed by atoms with van der Waals surface area (Å²) < 4.78 is 0. The lowest BCUT2D eigenvalue weighted by molar-refractivity contribution is 0.574. The summed E-state index contributed by atoms with van der Waals surface area (Å²) in [5, 5.41) is 0. The molecule has 2 heteroatoms. The molecule has 2 nitrogen and oxygen atoms in total. The van der Waals surface area contributed by atoms with Gasteiger partial charge >= 0.3 is 0 Å². The van der Waals surface area contributed by atoms with Gasteiger partial charge in [0.25, 0.3) is 0 Å². The molecule has 2 aromatic carbocycles. The van der Waals surface area contributed by atoms with Crippen LogP contribution in [0.2, 0.25) is 0 Å². The van der Waals surface area contributed by atoms with E-state index in [9.17, 15) is 0 Å². The highest BCUT2D eigenvalue weighted by Gasteiger charge is 2.16. The monoisotopic (exact) mass is 380 g/mol. The van der Waals surface area contributed by atoms with E-state index < -0.39 is 0 Å². The molecular weight excluding hydrogens is 340 g/mol. The van der Waals surface area contributed by atoms with E-state index in [1.165, 1.54) is 34.4 Å². The van der Waals surface area contributed by atoms with E-state index in [2.05, 4.69) is 96.9 Å². The van der Waals surface area contributed by atoms with Gasteiger partial charge in [0, 0.05) is 25.5 Å². The highest BCUT2D eigenvalue weighted by molar-refractivity contribution is 5.56. The van der Waals surface area contributed by atoms with Crippen molar-refractivity contribution in [2.45, 2.75) is 78.1 Å². The maximum Gasteiger partial charge on any atom is 0.0399 e. The van der Waals surface area contributed by atoms with Crippen LogP contribution in [0.5, 0.6) is 0 Å². The average Bonchev–Trinajstić information content (AvgIpc) is 2.64.